The molecule has 0 aromatic rings. The zero-order valence-corrected chi connectivity index (χ0v) is 55.2. The van der Waals surface area contributed by atoms with Crippen LogP contribution < -0.4 is 5.32 Å². The first kappa shape index (κ1) is 78.5. The van der Waals surface area contributed by atoms with E-state index >= 15 is 0 Å². The minimum absolute atomic E-state index is 0.0430. The van der Waals surface area contributed by atoms with Crippen LogP contribution in [0.1, 0.15) is 361 Å². The predicted octanol–water partition coefficient (Wildman–Crippen LogP) is 22.1. The fraction of sp³-hybridized carbons (Fsp3) is 0.914. The van der Waals surface area contributed by atoms with Crippen LogP contribution in [-0.4, -0.2) is 74.3 Å². The molecule has 0 aliphatic rings. The van der Waals surface area contributed by atoms with E-state index in [1.807, 2.05) is 33.3 Å². The quantitative estimate of drug-likeness (QED) is 0.0205. The smallest absolute Gasteiger partial charge is 0.456 e. The Hall–Kier alpha value is -1.51. The van der Waals surface area contributed by atoms with Crippen molar-refractivity contribution in [2.24, 2.45) is 0 Å². The van der Waals surface area contributed by atoms with E-state index in [4.69, 9.17) is 13.8 Å². The Bertz CT molecular complexity index is 1420. The van der Waals surface area contributed by atoms with Crippen LogP contribution in [0.4, 0.5) is 0 Å². The summed E-state index contributed by atoms with van der Waals surface area (Å²) in [5.41, 5.74) is 0. The van der Waals surface area contributed by atoms with Gasteiger partial charge in [0, 0.05) is 12.8 Å². The molecule has 3 atom stereocenters. The first-order chi connectivity index (χ1) is 38.9. The number of phosphoric ester groups is 1. The molecular formula is C70H138N2O7P+. The number of unbranched alkanes of at least 4 members (excludes halogenated alkanes) is 47. The average molecular weight is 1150 g/mol. The second-order valence-corrected chi connectivity index (χ2v) is 26.9. The van der Waals surface area contributed by atoms with Crippen molar-refractivity contribution < 1.29 is 37.3 Å². The highest BCUT2D eigenvalue weighted by molar-refractivity contribution is 7.47. The molecule has 0 aliphatic carbocycles. The lowest BCUT2D eigenvalue weighted by Gasteiger charge is -2.27. The number of rotatable bonds is 65. The van der Waals surface area contributed by atoms with Crippen molar-refractivity contribution in [3.63, 3.8) is 0 Å². The number of hydrogen-bond acceptors (Lipinski definition) is 6. The molecule has 474 valence electrons. The lowest BCUT2D eigenvalue weighted by atomic mass is 10.0. The average Bonchev–Trinajstić information content (AvgIpc) is 3.42. The Morgan fingerprint density at radius 3 is 1.07 bits per heavy atom. The first-order valence-corrected chi connectivity index (χ1v) is 36.7. The molecule has 0 heterocycles. The third-order valence-corrected chi connectivity index (χ3v) is 17.1. The van der Waals surface area contributed by atoms with Crippen LogP contribution in [0.5, 0.6) is 0 Å². The Morgan fingerprint density at radius 1 is 0.425 bits per heavy atom. The molecule has 0 aromatic heterocycles. The summed E-state index contributed by atoms with van der Waals surface area (Å²) in [6, 6.07) is -0.845. The summed E-state index contributed by atoms with van der Waals surface area (Å²) in [5, 5.41) is 3.07. The number of allylic oxidation sites excluding steroid dienone is 3. The molecule has 0 saturated heterocycles. The largest absolute Gasteiger partial charge is 0.472 e. The molecule has 80 heavy (non-hydrogen) atoms. The van der Waals surface area contributed by atoms with Gasteiger partial charge in [-0.3, -0.25) is 18.6 Å². The summed E-state index contributed by atoms with van der Waals surface area (Å²) in [6.07, 6.45) is 73.4. The van der Waals surface area contributed by atoms with Gasteiger partial charge < -0.3 is 19.4 Å². The molecule has 0 spiro atoms. The summed E-state index contributed by atoms with van der Waals surface area (Å²) in [4.78, 5) is 37.8. The number of esters is 1. The molecule has 1 amide bonds. The highest BCUT2D eigenvalue weighted by Crippen LogP contribution is 2.43. The van der Waals surface area contributed by atoms with Crippen LogP contribution in [0.2, 0.25) is 0 Å². The van der Waals surface area contributed by atoms with Crippen LogP contribution in [0, 0.1) is 0 Å². The monoisotopic (exact) mass is 1150 g/mol. The van der Waals surface area contributed by atoms with Gasteiger partial charge in [-0.1, -0.05) is 315 Å². The number of likely N-dealkylation sites (N-methyl/N-ethyl adjacent to an activating group) is 1. The highest BCUT2D eigenvalue weighted by atomic mass is 31.2. The molecule has 10 heteroatoms. The number of hydrogen-bond donors (Lipinski definition) is 2. The minimum atomic E-state index is -4.45. The van der Waals surface area contributed by atoms with Gasteiger partial charge in [-0.15, -0.1) is 0 Å². The van der Waals surface area contributed by atoms with Crippen molar-refractivity contribution in [2.45, 2.75) is 373 Å². The maximum absolute atomic E-state index is 13.6. The van der Waals surface area contributed by atoms with Gasteiger partial charge in [0.25, 0.3) is 0 Å². The third-order valence-electron chi connectivity index (χ3n) is 16.1. The first-order valence-electron chi connectivity index (χ1n) is 35.2. The second-order valence-electron chi connectivity index (χ2n) is 25.4. The molecule has 0 fully saturated rings. The van der Waals surface area contributed by atoms with E-state index < -0.39 is 20.0 Å². The molecular weight excluding hydrogens is 1010 g/mol. The van der Waals surface area contributed by atoms with Gasteiger partial charge >= 0.3 is 13.8 Å². The van der Waals surface area contributed by atoms with Crippen molar-refractivity contribution in [1.29, 1.82) is 0 Å². The summed E-state index contributed by atoms with van der Waals surface area (Å²) in [6.45, 7) is 7.05. The van der Waals surface area contributed by atoms with Gasteiger partial charge in [0.15, 0.2) is 0 Å². The summed E-state index contributed by atoms with van der Waals surface area (Å²) >= 11 is 0. The fourth-order valence-electron chi connectivity index (χ4n) is 10.7. The number of quaternary nitrogens is 1. The molecule has 9 nitrogen and oxygen atoms in total. The van der Waals surface area contributed by atoms with Crippen molar-refractivity contribution >= 4 is 19.7 Å². The van der Waals surface area contributed by atoms with E-state index in [1.165, 1.54) is 263 Å². The Morgan fingerprint density at radius 2 is 0.725 bits per heavy atom. The van der Waals surface area contributed by atoms with Crippen LogP contribution in [0.25, 0.3) is 0 Å². The molecule has 0 rings (SSSR count). The number of ether oxygens (including phenoxy) is 1. The SMILES string of the molecule is CCCCCC/C=C\CCCCCCCCCC(=O)NC(COP(=O)(O)OCC[N+](C)(C)C)C(/C=C\CCCCCCCCCCCC)OC(=O)CCCCCCCCCCCCCCCCCCCCCCCCCCCCC. The maximum Gasteiger partial charge on any atom is 0.472 e. The van der Waals surface area contributed by atoms with Gasteiger partial charge in [0.05, 0.1) is 33.8 Å². The van der Waals surface area contributed by atoms with Gasteiger partial charge in [0.1, 0.15) is 19.3 Å². The summed E-state index contributed by atoms with van der Waals surface area (Å²) in [7, 11) is 1.51. The lowest BCUT2D eigenvalue weighted by Crippen LogP contribution is -2.47. The topological polar surface area (TPSA) is 111 Å². The van der Waals surface area contributed by atoms with Gasteiger partial charge in [0.2, 0.25) is 5.91 Å². The van der Waals surface area contributed by atoms with E-state index in [9.17, 15) is 19.0 Å². The van der Waals surface area contributed by atoms with Gasteiger partial charge in [-0.05, 0) is 57.4 Å². The van der Waals surface area contributed by atoms with Crippen molar-refractivity contribution in [2.75, 3.05) is 40.9 Å². The zero-order valence-electron chi connectivity index (χ0n) is 54.4. The van der Waals surface area contributed by atoms with E-state index in [2.05, 4.69) is 38.2 Å². The normalized spacial score (nSPS) is 13.6. The van der Waals surface area contributed by atoms with Crippen LogP contribution in [0.3, 0.4) is 0 Å². The highest BCUT2D eigenvalue weighted by Gasteiger charge is 2.30. The predicted molar refractivity (Wildman–Crippen MR) is 346 cm³/mol. The van der Waals surface area contributed by atoms with E-state index in [0.717, 1.165) is 64.2 Å². The second kappa shape index (κ2) is 60.6. The summed E-state index contributed by atoms with van der Waals surface area (Å²) < 4.78 is 30.8. The molecule has 0 aliphatic heterocycles. The number of nitrogens with zero attached hydrogens (tertiary/aromatic N) is 1. The van der Waals surface area contributed by atoms with Gasteiger partial charge in [-0.2, -0.15) is 0 Å². The minimum Gasteiger partial charge on any atom is -0.456 e. The van der Waals surface area contributed by atoms with E-state index in [0.29, 0.717) is 23.9 Å². The fourth-order valence-corrected chi connectivity index (χ4v) is 11.4. The molecule has 3 unspecified atom stereocenters. The lowest BCUT2D eigenvalue weighted by molar-refractivity contribution is -0.870. The van der Waals surface area contributed by atoms with Crippen molar-refractivity contribution in [3.05, 3.63) is 24.3 Å². The molecule has 0 saturated carbocycles. The third kappa shape index (κ3) is 61.1. The number of carbonyl (C=O) groups excluding carboxylic acids is 2. The number of phosphoric acid groups is 1. The maximum atomic E-state index is 13.6. The Kier molecular flexibility index (Phi) is 59.5. The number of nitrogens with one attached hydrogen (secondary N) is 1. The van der Waals surface area contributed by atoms with Crippen LogP contribution in [-0.2, 0) is 27.9 Å². The Labute approximate surface area is 498 Å². The van der Waals surface area contributed by atoms with Crippen molar-refractivity contribution in [3.8, 4) is 0 Å². The van der Waals surface area contributed by atoms with Crippen molar-refractivity contribution in [1.82, 2.24) is 5.32 Å². The van der Waals surface area contributed by atoms with E-state index in [1.54, 1.807) is 0 Å². The zero-order chi connectivity index (χ0) is 58.6. The molecule has 0 bridgehead atoms. The number of carbonyl (C=O) groups is 2. The van der Waals surface area contributed by atoms with E-state index in [-0.39, 0.29) is 25.1 Å². The standard InChI is InChI=1S/C70H137N2O7P/c1-7-10-13-16-19-22-25-28-30-31-32-33-34-35-36-37-38-39-40-41-43-45-48-51-54-57-60-63-70(74)79-68(61-58-55-52-49-46-27-24-21-18-15-12-9-3)67(66-78-80(75,76)77-65-64-72(4,5)6)71-69(73)62-59-56-53-50-47-44-42-29-26-23-20-17-14-11-8-2/h23,26,58,61,67-68H,7-22,24-25,27-57,59-60,62-66H2,1-6H3,(H-,71,73,75,76)/p+1/b26-23-,61-58-. The molecule has 0 radical (unpaired) electrons. The van der Waals surface area contributed by atoms with Crippen LogP contribution >= 0.6 is 7.82 Å². The molecule has 2 N–H and O–H groups in total. The number of amides is 1. The molecule has 0 aromatic carbocycles. The Balaban J connectivity index is 4.95. The van der Waals surface area contributed by atoms with Gasteiger partial charge in [-0.25, -0.2) is 4.57 Å². The van der Waals surface area contributed by atoms with Crippen LogP contribution in [0.15, 0.2) is 24.3 Å². The summed E-state index contributed by atoms with van der Waals surface area (Å²) in [5.74, 6) is -0.490.